The van der Waals surface area contributed by atoms with E-state index in [4.69, 9.17) is 0 Å². The van der Waals surface area contributed by atoms with Gasteiger partial charge in [-0.15, -0.1) is 0 Å². The van der Waals surface area contributed by atoms with Gasteiger partial charge in [0.2, 0.25) is 0 Å². The number of rotatable bonds is 4. The van der Waals surface area contributed by atoms with Crippen LogP contribution in [0.1, 0.15) is 17.3 Å². The molecule has 4 heteroatoms. The van der Waals surface area contributed by atoms with Crippen LogP contribution in [0, 0.1) is 5.82 Å². The highest BCUT2D eigenvalue weighted by atomic mass is 19.1. The van der Waals surface area contributed by atoms with Crippen molar-refractivity contribution in [3.63, 3.8) is 0 Å². The van der Waals surface area contributed by atoms with Gasteiger partial charge in [0.1, 0.15) is 5.82 Å². The maximum atomic E-state index is 13.3. The molecule has 0 unspecified atom stereocenters. The van der Waals surface area contributed by atoms with E-state index in [1.807, 2.05) is 25.1 Å². The quantitative estimate of drug-likeness (QED) is 0.923. The van der Waals surface area contributed by atoms with Gasteiger partial charge in [-0.05, 0) is 37.3 Å². The van der Waals surface area contributed by atoms with E-state index in [0.717, 1.165) is 5.69 Å². The predicted molar refractivity (Wildman–Crippen MR) is 79.7 cm³/mol. The Labute approximate surface area is 118 Å². The predicted octanol–water partition coefficient (Wildman–Crippen LogP) is 3.53. The molecule has 0 fully saturated rings. The molecule has 0 aliphatic rings. The monoisotopic (exact) mass is 272 g/mol. The summed E-state index contributed by atoms with van der Waals surface area (Å²) in [6, 6.07) is 13.3. The SMILES string of the molecule is CCN(C(=O)c1ccccc1NC)c1cccc(F)c1. The summed E-state index contributed by atoms with van der Waals surface area (Å²) in [4.78, 5) is 14.2. The number of carbonyl (C=O) groups is 1. The van der Waals surface area contributed by atoms with Gasteiger partial charge < -0.3 is 10.2 Å². The smallest absolute Gasteiger partial charge is 0.260 e. The zero-order valence-electron chi connectivity index (χ0n) is 11.6. The Hall–Kier alpha value is -2.36. The van der Waals surface area contributed by atoms with Crippen molar-refractivity contribution in [1.29, 1.82) is 0 Å². The molecule has 0 heterocycles. The molecule has 0 aliphatic heterocycles. The molecule has 0 saturated carbocycles. The molecule has 20 heavy (non-hydrogen) atoms. The first kappa shape index (κ1) is 14.1. The molecule has 104 valence electrons. The average Bonchev–Trinajstić information content (AvgIpc) is 2.48. The van der Waals surface area contributed by atoms with Crippen LogP contribution in [0.25, 0.3) is 0 Å². The number of nitrogens with zero attached hydrogens (tertiary/aromatic N) is 1. The fraction of sp³-hybridized carbons (Fsp3) is 0.188. The highest BCUT2D eigenvalue weighted by Crippen LogP contribution is 2.22. The van der Waals surface area contributed by atoms with Crippen LogP contribution < -0.4 is 10.2 Å². The normalized spacial score (nSPS) is 10.2. The third-order valence-corrected chi connectivity index (χ3v) is 3.11. The first-order valence-corrected chi connectivity index (χ1v) is 6.51. The van der Waals surface area contributed by atoms with Gasteiger partial charge in [-0.2, -0.15) is 0 Å². The van der Waals surface area contributed by atoms with Crippen molar-refractivity contribution in [2.45, 2.75) is 6.92 Å². The first-order valence-electron chi connectivity index (χ1n) is 6.51. The van der Waals surface area contributed by atoms with Gasteiger partial charge in [-0.3, -0.25) is 4.79 Å². The third-order valence-electron chi connectivity index (χ3n) is 3.11. The van der Waals surface area contributed by atoms with Gasteiger partial charge in [-0.25, -0.2) is 4.39 Å². The second kappa shape index (κ2) is 6.19. The molecule has 0 aromatic heterocycles. The summed E-state index contributed by atoms with van der Waals surface area (Å²) >= 11 is 0. The fourth-order valence-electron chi connectivity index (χ4n) is 2.12. The average molecular weight is 272 g/mol. The molecule has 2 aromatic rings. The molecule has 1 N–H and O–H groups in total. The third kappa shape index (κ3) is 2.79. The van der Waals surface area contributed by atoms with E-state index in [9.17, 15) is 9.18 Å². The molecular formula is C16H17FN2O. The fourth-order valence-corrected chi connectivity index (χ4v) is 2.12. The molecule has 3 nitrogen and oxygen atoms in total. The van der Waals surface area contributed by atoms with E-state index < -0.39 is 0 Å². The van der Waals surface area contributed by atoms with Gasteiger partial charge in [0.25, 0.3) is 5.91 Å². The summed E-state index contributed by atoms with van der Waals surface area (Å²) in [6.45, 7) is 2.34. The molecule has 2 rings (SSSR count). The zero-order chi connectivity index (χ0) is 14.5. The Balaban J connectivity index is 2.39. The number of anilines is 2. The van der Waals surface area contributed by atoms with Gasteiger partial charge in [0.05, 0.1) is 5.56 Å². The van der Waals surface area contributed by atoms with E-state index in [2.05, 4.69) is 5.32 Å². The summed E-state index contributed by atoms with van der Waals surface area (Å²) in [7, 11) is 1.77. The van der Waals surface area contributed by atoms with Crippen molar-refractivity contribution >= 4 is 17.3 Å². The van der Waals surface area contributed by atoms with Crippen LogP contribution in [0.15, 0.2) is 48.5 Å². The maximum Gasteiger partial charge on any atom is 0.260 e. The van der Waals surface area contributed by atoms with E-state index in [1.54, 1.807) is 30.1 Å². The van der Waals surface area contributed by atoms with Crippen molar-refractivity contribution in [3.05, 3.63) is 59.9 Å². The summed E-state index contributed by atoms with van der Waals surface area (Å²) in [5.74, 6) is -0.501. The Morgan fingerprint density at radius 2 is 1.95 bits per heavy atom. The lowest BCUT2D eigenvalue weighted by Gasteiger charge is -2.22. The molecular weight excluding hydrogens is 255 g/mol. The largest absolute Gasteiger partial charge is 0.387 e. The Morgan fingerprint density at radius 3 is 2.60 bits per heavy atom. The Bertz CT molecular complexity index is 613. The zero-order valence-corrected chi connectivity index (χ0v) is 11.6. The van der Waals surface area contributed by atoms with Crippen LogP contribution in [0.5, 0.6) is 0 Å². The van der Waals surface area contributed by atoms with E-state index in [1.165, 1.54) is 12.1 Å². The molecule has 0 aliphatic carbocycles. The van der Waals surface area contributed by atoms with E-state index in [0.29, 0.717) is 17.8 Å². The van der Waals surface area contributed by atoms with Gasteiger partial charge >= 0.3 is 0 Å². The van der Waals surface area contributed by atoms with Gasteiger partial charge in [0.15, 0.2) is 0 Å². The van der Waals surface area contributed by atoms with Crippen LogP contribution in [-0.4, -0.2) is 19.5 Å². The van der Waals surface area contributed by atoms with Crippen LogP contribution in [0.2, 0.25) is 0 Å². The minimum absolute atomic E-state index is 0.150. The lowest BCUT2D eigenvalue weighted by molar-refractivity contribution is 0.0989. The second-order valence-electron chi connectivity index (χ2n) is 4.32. The molecule has 0 spiro atoms. The summed E-state index contributed by atoms with van der Waals surface area (Å²) in [6.07, 6.45) is 0. The Morgan fingerprint density at radius 1 is 1.20 bits per heavy atom. The van der Waals surface area contributed by atoms with Crippen LogP contribution >= 0.6 is 0 Å². The molecule has 0 bridgehead atoms. The topological polar surface area (TPSA) is 32.3 Å². The van der Waals surface area contributed by atoms with Crippen LogP contribution in [0.3, 0.4) is 0 Å². The molecule has 1 amide bonds. The number of para-hydroxylation sites is 1. The van der Waals surface area contributed by atoms with Crippen molar-refractivity contribution < 1.29 is 9.18 Å². The minimum Gasteiger partial charge on any atom is -0.387 e. The summed E-state index contributed by atoms with van der Waals surface area (Å²) < 4.78 is 13.3. The molecule has 0 radical (unpaired) electrons. The van der Waals surface area contributed by atoms with Crippen molar-refractivity contribution in [2.24, 2.45) is 0 Å². The lowest BCUT2D eigenvalue weighted by Crippen LogP contribution is -2.31. The lowest BCUT2D eigenvalue weighted by atomic mass is 10.1. The van der Waals surface area contributed by atoms with Crippen molar-refractivity contribution in [3.8, 4) is 0 Å². The molecule has 2 aromatic carbocycles. The number of hydrogen-bond donors (Lipinski definition) is 1. The highest BCUT2D eigenvalue weighted by Gasteiger charge is 2.18. The number of amides is 1. The molecule has 0 saturated heterocycles. The second-order valence-corrected chi connectivity index (χ2v) is 4.32. The van der Waals surface area contributed by atoms with Gasteiger partial charge in [0, 0.05) is 25.0 Å². The number of nitrogens with one attached hydrogen (secondary N) is 1. The number of benzene rings is 2. The van der Waals surface area contributed by atoms with E-state index >= 15 is 0 Å². The minimum atomic E-state index is -0.351. The van der Waals surface area contributed by atoms with Crippen LogP contribution in [0.4, 0.5) is 15.8 Å². The maximum absolute atomic E-state index is 13.3. The van der Waals surface area contributed by atoms with E-state index in [-0.39, 0.29) is 11.7 Å². The Kier molecular flexibility index (Phi) is 4.35. The summed E-state index contributed by atoms with van der Waals surface area (Å²) in [5, 5.41) is 3.00. The van der Waals surface area contributed by atoms with Crippen LogP contribution in [-0.2, 0) is 0 Å². The number of carbonyl (C=O) groups excluding carboxylic acids is 1. The first-order chi connectivity index (χ1) is 9.67. The van der Waals surface area contributed by atoms with Crippen molar-refractivity contribution in [1.82, 2.24) is 0 Å². The summed E-state index contributed by atoms with van der Waals surface area (Å²) in [5.41, 5.74) is 1.89. The standard InChI is InChI=1S/C16H17FN2O/c1-3-19(13-8-6-7-12(17)11-13)16(20)14-9-4-5-10-15(14)18-2/h4-11,18H,3H2,1-2H3. The number of halogens is 1. The van der Waals surface area contributed by atoms with Crippen molar-refractivity contribution in [2.75, 3.05) is 23.8 Å². The molecule has 0 atom stereocenters. The highest BCUT2D eigenvalue weighted by molar-refractivity contribution is 6.09. The van der Waals surface area contributed by atoms with Gasteiger partial charge in [-0.1, -0.05) is 18.2 Å². The number of hydrogen-bond acceptors (Lipinski definition) is 2.